The van der Waals surface area contributed by atoms with Crippen LogP contribution in [0.3, 0.4) is 0 Å². The number of ether oxygens (including phenoxy) is 2. The zero-order chi connectivity index (χ0) is 38.2. The second-order valence-electron chi connectivity index (χ2n) is 14.4. The number of fused-ring (bicyclic) bond motifs is 1. The summed E-state index contributed by atoms with van der Waals surface area (Å²) in [7, 11) is 3.10. The lowest BCUT2D eigenvalue weighted by atomic mass is 9.79. The van der Waals surface area contributed by atoms with Gasteiger partial charge in [-0.25, -0.2) is 0 Å². The lowest BCUT2D eigenvalue weighted by Gasteiger charge is -2.40. The number of methoxy groups -OCH3 is 1. The number of likely N-dealkylation sites (tertiary alicyclic amines) is 2. The fraction of sp³-hybridized carbons (Fsp3) is 0.372. The smallest absolute Gasteiger partial charge is 0.254 e. The van der Waals surface area contributed by atoms with Crippen LogP contribution in [0.2, 0.25) is 0 Å². The minimum Gasteiger partial charge on any atom is -0.493 e. The van der Waals surface area contributed by atoms with Crippen molar-refractivity contribution in [2.45, 2.75) is 45.3 Å². The molecule has 11 heteroatoms. The van der Waals surface area contributed by atoms with Gasteiger partial charge in [-0.15, -0.1) is 0 Å². The van der Waals surface area contributed by atoms with Crippen molar-refractivity contribution in [2.75, 3.05) is 40.3 Å². The van der Waals surface area contributed by atoms with Crippen LogP contribution in [0.5, 0.6) is 11.5 Å². The highest BCUT2D eigenvalue weighted by Crippen LogP contribution is 2.38. The van der Waals surface area contributed by atoms with Gasteiger partial charge in [0.2, 0.25) is 11.8 Å². The summed E-state index contributed by atoms with van der Waals surface area (Å²) in [6.45, 7) is 5.09. The highest BCUT2D eigenvalue weighted by molar-refractivity contribution is 5.97. The molecule has 2 fully saturated rings. The standard InChI is InChI=1S/C43H49N5O6/c1-28(2)54-38-19-18-32(22-39(38)53-4)43(52)47-24-34-25-48(42(51)31-15-9-14-30(21-31)33-16-10-20-45-23-33)27-36(35(34)26-47)40(49)46-37(41(50)44-3)17-8-13-29-11-6-5-7-12-29/h5-7,9-12,14-16,18-23,28,34-37H,8,13,17,24-27H2,1-4H3,(H,44,50)(H,46,49)/t34?,35?,36?,37-/m0/s1. The number of aromatic nitrogens is 1. The number of pyridine rings is 1. The minimum absolute atomic E-state index is 0.0689. The SMILES string of the molecule is CNC(=O)[C@H](CCCc1ccccc1)NC(=O)C1CN(C(=O)c2cccc(-c3cccnc3)c2)CC2CN(C(=O)c3ccc(OC(C)C)c(OC)c3)CC21. The van der Waals surface area contributed by atoms with Crippen LogP contribution in [0, 0.1) is 17.8 Å². The maximum absolute atomic E-state index is 14.3. The molecular formula is C43H49N5O6. The molecule has 0 bridgehead atoms. The van der Waals surface area contributed by atoms with Crippen molar-refractivity contribution in [3.8, 4) is 22.6 Å². The first-order chi connectivity index (χ1) is 26.1. The summed E-state index contributed by atoms with van der Waals surface area (Å²) < 4.78 is 11.4. The molecule has 4 atom stereocenters. The largest absolute Gasteiger partial charge is 0.493 e. The van der Waals surface area contributed by atoms with Crippen molar-refractivity contribution < 1.29 is 28.7 Å². The third kappa shape index (κ3) is 8.90. The second kappa shape index (κ2) is 17.4. The van der Waals surface area contributed by atoms with Gasteiger partial charge in [0.15, 0.2) is 11.5 Å². The van der Waals surface area contributed by atoms with E-state index in [9.17, 15) is 19.2 Å². The summed E-state index contributed by atoms with van der Waals surface area (Å²) >= 11 is 0. The Balaban J connectivity index is 1.24. The molecule has 4 amide bonds. The van der Waals surface area contributed by atoms with Gasteiger partial charge in [-0.05, 0) is 92.5 Å². The molecule has 2 N–H and O–H groups in total. The first-order valence-corrected chi connectivity index (χ1v) is 18.6. The van der Waals surface area contributed by atoms with Crippen molar-refractivity contribution in [3.05, 3.63) is 114 Å². The van der Waals surface area contributed by atoms with Gasteiger partial charge in [0.25, 0.3) is 11.8 Å². The van der Waals surface area contributed by atoms with Gasteiger partial charge < -0.3 is 29.9 Å². The van der Waals surface area contributed by atoms with E-state index in [-0.39, 0.29) is 48.1 Å². The van der Waals surface area contributed by atoms with Gasteiger partial charge in [0.05, 0.1) is 19.1 Å². The first kappa shape index (κ1) is 38.0. The van der Waals surface area contributed by atoms with Crippen LogP contribution in [0.4, 0.5) is 0 Å². The van der Waals surface area contributed by atoms with Gasteiger partial charge >= 0.3 is 0 Å². The molecule has 6 rings (SSSR count). The molecule has 2 aliphatic rings. The molecule has 4 aromatic rings. The molecule has 3 heterocycles. The molecule has 2 aliphatic heterocycles. The molecule has 2 saturated heterocycles. The Morgan fingerprint density at radius 3 is 2.22 bits per heavy atom. The van der Waals surface area contributed by atoms with Crippen LogP contribution < -0.4 is 20.1 Å². The lowest BCUT2D eigenvalue weighted by molar-refractivity contribution is -0.133. The van der Waals surface area contributed by atoms with E-state index in [4.69, 9.17) is 9.47 Å². The monoisotopic (exact) mass is 731 g/mol. The molecule has 11 nitrogen and oxygen atoms in total. The Kier molecular flexibility index (Phi) is 12.3. The summed E-state index contributed by atoms with van der Waals surface area (Å²) in [4.78, 5) is 63.3. The van der Waals surface area contributed by atoms with Gasteiger partial charge in [0, 0.05) is 62.3 Å². The number of aryl methyl sites for hydroxylation is 1. The molecule has 0 aliphatic carbocycles. The van der Waals surface area contributed by atoms with Gasteiger partial charge in [0.1, 0.15) is 6.04 Å². The van der Waals surface area contributed by atoms with Crippen molar-refractivity contribution in [3.63, 3.8) is 0 Å². The van der Waals surface area contributed by atoms with Crippen molar-refractivity contribution >= 4 is 23.6 Å². The number of piperidine rings is 1. The molecule has 54 heavy (non-hydrogen) atoms. The molecule has 0 spiro atoms. The summed E-state index contributed by atoms with van der Waals surface area (Å²) in [6, 6.07) is 25.6. The van der Waals surface area contributed by atoms with Gasteiger partial charge in [-0.3, -0.25) is 24.2 Å². The van der Waals surface area contributed by atoms with Crippen LogP contribution in [0.25, 0.3) is 11.1 Å². The summed E-state index contributed by atoms with van der Waals surface area (Å²) in [5, 5.41) is 5.75. The number of amides is 4. The third-order valence-corrected chi connectivity index (χ3v) is 10.3. The van der Waals surface area contributed by atoms with E-state index < -0.39 is 12.0 Å². The van der Waals surface area contributed by atoms with E-state index in [0.29, 0.717) is 55.1 Å². The number of nitrogens with zero attached hydrogens (tertiary/aromatic N) is 3. The Hall–Kier alpha value is -5.71. The van der Waals surface area contributed by atoms with Crippen LogP contribution in [0.15, 0.2) is 97.3 Å². The zero-order valence-corrected chi connectivity index (χ0v) is 31.4. The number of rotatable bonds is 13. The van der Waals surface area contributed by atoms with Gasteiger partial charge in [-0.2, -0.15) is 0 Å². The number of benzene rings is 3. The number of nitrogens with one attached hydrogen (secondary N) is 2. The maximum Gasteiger partial charge on any atom is 0.254 e. The predicted octanol–water partition coefficient (Wildman–Crippen LogP) is 5.26. The molecule has 0 saturated carbocycles. The van der Waals surface area contributed by atoms with E-state index in [1.807, 2.05) is 74.5 Å². The normalized spacial score (nSPS) is 18.4. The Morgan fingerprint density at radius 1 is 0.815 bits per heavy atom. The topological polar surface area (TPSA) is 130 Å². The fourth-order valence-corrected chi connectivity index (χ4v) is 7.64. The van der Waals surface area contributed by atoms with E-state index >= 15 is 0 Å². The Bertz CT molecular complexity index is 1940. The highest BCUT2D eigenvalue weighted by atomic mass is 16.5. The summed E-state index contributed by atoms with van der Waals surface area (Å²) in [6.07, 6.45) is 5.31. The summed E-state index contributed by atoms with van der Waals surface area (Å²) in [5.74, 6) is -0.984. The average Bonchev–Trinajstić information content (AvgIpc) is 3.64. The van der Waals surface area contributed by atoms with E-state index in [1.54, 1.807) is 53.5 Å². The Labute approximate surface area is 317 Å². The quantitative estimate of drug-likeness (QED) is 0.192. The number of carbonyl (C=O) groups excluding carboxylic acids is 4. The molecule has 1 aromatic heterocycles. The van der Waals surface area contributed by atoms with E-state index in [0.717, 1.165) is 23.1 Å². The van der Waals surface area contributed by atoms with Crippen LogP contribution >= 0.6 is 0 Å². The van der Waals surface area contributed by atoms with E-state index in [1.165, 1.54) is 7.11 Å². The number of hydrogen-bond acceptors (Lipinski definition) is 7. The van der Waals surface area contributed by atoms with Crippen molar-refractivity contribution in [1.29, 1.82) is 0 Å². The number of carbonyl (C=O) groups is 4. The molecule has 3 unspecified atom stereocenters. The lowest BCUT2D eigenvalue weighted by Crippen LogP contribution is -2.56. The molecule has 282 valence electrons. The summed E-state index contributed by atoms with van der Waals surface area (Å²) in [5.41, 5.74) is 3.85. The van der Waals surface area contributed by atoms with E-state index in [2.05, 4.69) is 15.6 Å². The first-order valence-electron chi connectivity index (χ1n) is 18.6. The predicted molar refractivity (Wildman–Crippen MR) is 206 cm³/mol. The van der Waals surface area contributed by atoms with Gasteiger partial charge in [-0.1, -0.05) is 48.5 Å². The number of hydrogen-bond donors (Lipinski definition) is 2. The highest BCUT2D eigenvalue weighted by Gasteiger charge is 2.48. The van der Waals surface area contributed by atoms with Crippen molar-refractivity contribution in [2.24, 2.45) is 17.8 Å². The fourth-order valence-electron chi connectivity index (χ4n) is 7.64. The van der Waals surface area contributed by atoms with Crippen LogP contribution in [-0.2, 0) is 16.0 Å². The van der Waals surface area contributed by atoms with Crippen LogP contribution in [0.1, 0.15) is 53.0 Å². The molecular weight excluding hydrogens is 683 g/mol. The second-order valence-corrected chi connectivity index (χ2v) is 14.4. The minimum atomic E-state index is -0.745. The molecule has 3 aromatic carbocycles. The maximum atomic E-state index is 14.3. The van der Waals surface area contributed by atoms with Crippen LogP contribution in [-0.4, -0.2) is 90.9 Å². The Morgan fingerprint density at radius 2 is 1.54 bits per heavy atom. The number of likely N-dealkylation sites (N-methyl/N-ethyl adjacent to an activating group) is 1. The average molecular weight is 732 g/mol. The van der Waals surface area contributed by atoms with Crippen molar-refractivity contribution in [1.82, 2.24) is 25.4 Å². The third-order valence-electron chi connectivity index (χ3n) is 10.3. The zero-order valence-electron chi connectivity index (χ0n) is 31.4. The molecule has 0 radical (unpaired) electrons.